The van der Waals surface area contributed by atoms with Gasteiger partial charge in [-0.05, 0) is 36.6 Å². The van der Waals surface area contributed by atoms with E-state index in [1.807, 2.05) is 24.3 Å². The molecular formula is C22H21N3. The van der Waals surface area contributed by atoms with Crippen LogP contribution in [0.5, 0.6) is 0 Å². The van der Waals surface area contributed by atoms with Gasteiger partial charge < -0.3 is 0 Å². The van der Waals surface area contributed by atoms with Crippen molar-refractivity contribution in [1.29, 1.82) is 0 Å². The van der Waals surface area contributed by atoms with E-state index < -0.39 is 0 Å². The molecule has 0 fully saturated rings. The fourth-order valence-electron chi connectivity index (χ4n) is 3.30. The minimum atomic E-state index is 0.462. The molecule has 0 N–H and O–H groups in total. The lowest BCUT2D eigenvalue weighted by molar-refractivity contribution is 0.650. The molecule has 1 atom stereocenters. The molecule has 0 spiro atoms. The van der Waals surface area contributed by atoms with E-state index in [0.29, 0.717) is 5.92 Å². The van der Waals surface area contributed by atoms with Crippen LogP contribution in [0.25, 0.3) is 33.2 Å². The first kappa shape index (κ1) is 15.7. The summed E-state index contributed by atoms with van der Waals surface area (Å²) in [5.41, 5.74) is 4.85. The van der Waals surface area contributed by atoms with Gasteiger partial charge in [0.25, 0.3) is 0 Å². The van der Waals surface area contributed by atoms with Crippen LogP contribution in [0.4, 0.5) is 0 Å². The van der Waals surface area contributed by atoms with E-state index in [0.717, 1.165) is 45.3 Å². The quantitative estimate of drug-likeness (QED) is 0.448. The number of benzene rings is 1. The van der Waals surface area contributed by atoms with E-state index in [-0.39, 0.29) is 0 Å². The molecule has 0 bridgehead atoms. The molecule has 0 amide bonds. The summed E-state index contributed by atoms with van der Waals surface area (Å²) in [4.78, 5) is 14.3. The maximum Gasteiger partial charge on any atom is 0.0972 e. The molecule has 4 rings (SSSR count). The normalized spacial score (nSPS) is 12.6. The van der Waals surface area contributed by atoms with Crippen molar-refractivity contribution in [3.05, 3.63) is 66.5 Å². The van der Waals surface area contributed by atoms with E-state index >= 15 is 0 Å². The van der Waals surface area contributed by atoms with Crippen molar-refractivity contribution in [2.45, 2.75) is 32.6 Å². The van der Waals surface area contributed by atoms with Crippen molar-refractivity contribution >= 4 is 21.8 Å². The molecule has 0 aliphatic heterocycles. The minimum absolute atomic E-state index is 0.462. The highest BCUT2D eigenvalue weighted by molar-refractivity contribution is 6.03. The third kappa shape index (κ3) is 2.98. The van der Waals surface area contributed by atoms with Gasteiger partial charge in [-0.2, -0.15) is 0 Å². The van der Waals surface area contributed by atoms with Crippen LogP contribution < -0.4 is 0 Å². The topological polar surface area (TPSA) is 38.7 Å². The lowest BCUT2D eigenvalue weighted by atomic mass is 10.0. The summed E-state index contributed by atoms with van der Waals surface area (Å²) in [5.74, 6) is 0.462. The second-order valence-electron chi connectivity index (χ2n) is 6.55. The van der Waals surface area contributed by atoms with Crippen LogP contribution >= 0.6 is 0 Å². The summed E-state index contributed by atoms with van der Waals surface area (Å²) in [6.45, 7) is 4.46. The second kappa shape index (κ2) is 6.60. The molecule has 3 heterocycles. The van der Waals surface area contributed by atoms with E-state index in [4.69, 9.17) is 9.97 Å². The lowest BCUT2D eigenvalue weighted by Gasteiger charge is -2.11. The summed E-state index contributed by atoms with van der Waals surface area (Å²) in [7, 11) is 0. The Morgan fingerprint density at radius 1 is 0.800 bits per heavy atom. The maximum absolute atomic E-state index is 4.97. The van der Waals surface area contributed by atoms with Gasteiger partial charge in [0.15, 0.2) is 0 Å². The molecule has 0 saturated carbocycles. The van der Waals surface area contributed by atoms with Gasteiger partial charge in [-0.1, -0.05) is 50.6 Å². The van der Waals surface area contributed by atoms with Crippen LogP contribution in [0.3, 0.4) is 0 Å². The SMILES string of the molecule is CCCC(C)c1ccc2ccc3ccc(-c4ccccn4)nc3c2n1. The molecule has 124 valence electrons. The van der Waals surface area contributed by atoms with Gasteiger partial charge >= 0.3 is 0 Å². The smallest absolute Gasteiger partial charge is 0.0972 e. The standard InChI is InChI=1S/C22H21N3/c1-3-6-15(2)18-12-10-16-8-9-17-11-13-20(19-7-4-5-14-23-19)25-22(17)21(16)24-18/h4-5,7-15H,3,6H2,1-2H3. The highest BCUT2D eigenvalue weighted by atomic mass is 14.8. The Labute approximate surface area is 147 Å². The summed E-state index contributed by atoms with van der Waals surface area (Å²) in [6, 6.07) is 18.6. The molecule has 3 heteroatoms. The molecule has 0 aliphatic rings. The van der Waals surface area contributed by atoms with Crippen molar-refractivity contribution in [2.75, 3.05) is 0 Å². The third-order valence-electron chi connectivity index (χ3n) is 4.70. The highest BCUT2D eigenvalue weighted by Crippen LogP contribution is 2.28. The Bertz CT molecular complexity index is 1030. The van der Waals surface area contributed by atoms with Gasteiger partial charge in [-0.3, -0.25) is 9.97 Å². The molecule has 25 heavy (non-hydrogen) atoms. The minimum Gasteiger partial charge on any atom is -0.255 e. The van der Waals surface area contributed by atoms with Gasteiger partial charge in [-0.25, -0.2) is 4.98 Å². The van der Waals surface area contributed by atoms with Gasteiger partial charge in [0.05, 0.1) is 22.4 Å². The maximum atomic E-state index is 4.97. The number of aromatic nitrogens is 3. The first-order valence-corrected chi connectivity index (χ1v) is 8.88. The van der Waals surface area contributed by atoms with Crippen LogP contribution in [0.2, 0.25) is 0 Å². The summed E-state index contributed by atoms with van der Waals surface area (Å²) < 4.78 is 0. The number of pyridine rings is 3. The Hall–Kier alpha value is -2.81. The van der Waals surface area contributed by atoms with Crippen LogP contribution in [0.15, 0.2) is 60.8 Å². The fraction of sp³-hybridized carbons (Fsp3) is 0.227. The fourth-order valence-corrected chi connectivity index (χ4v) is 3.30. The highest BCUT2D eigenvalue weighted by Gasteiger charge is 2.11. The Kier molecular flexibility index (Phi) is 4.14. The van der Waals surface area contributed by atoms with Crippen LogP contribution in [-0.2, 0) is 0 Å². The third-order valence-corrected chi connectivity index (χ3v) is 4.70. The van der Waals surface area contributed by atoms with E-state index in [2.05, 4.69) is 49.2 Å². The molecule has 0 saturated heterocycles. The molecule has 1 unspecified atom stereocenters. The first-order valence-electron chi connectivity index (χ1n) is 8.88. The van der Waals surface area contributed by atoms with E-state index in [9.17, 15) is 0 Å². The largest absolute Gasteiger partial charge is 0.255 e. The average molecular weight is 327 g/mol. The molecule has 1 aromatic carbocycles. The summed E-state index contributed by atoms with van der Waals surface area (Å²) in [5, 5.41) is 2.24. The number of rotatable bonds is 4. The number of nitrogens with zero attached hydrogens (tertiary/aromatic N) is 3. The monoisotopic (exact) mass is 327 g/mol. The summed E-state index contributed by atoms with van der Waals surface area (Å²) >= 11 is 0. The van der Waals surface area contributed by atoms with Gasteiger partial charge in [0.1, 0.15) is 0 Å². The van der Waals surface area contributed by atoms with Gasteiger partial charge in [-0.15, -0.1) is 0 Å². The molecule has 3 aromatic heterocycles. The van der Waals surface area contributed by atoms with E-state index in [1.54, 1.807) is 6.20 Å². The summed E-state index contributed by atoms with van der Waals surface area (Å²) in [6.07, 6.45) is 4.11. The molecular weight excluding hydrogens is 306 g/mol. The second-order valence-corrected chi connectivity index (χ2v) is 6.55. The molecule has 3 nitrogen and oxygen atoms in total. The van der Waals surface area contributed by atoms with Crippen LogP contribution in [-0.4, -0.2) is 15.0 Å². The predicted molar refractivity (Wildman–Crippen MR) is 104 cm³/mol. The van der Waals surface area contributed by atoms with Crippen molar-refractivity contribution in [3.63, 3.8) is 0 Å². The van der Waals surface area contributed by atoms with Crippen molar-refractivity contribution in [1.82, 2.24) is 15.0 Å². The Morgan fingerprint density at radius 2 is 1.52 bits per heavy atom. The van der Waals surface area contributed by atoms with Gasteiger partial charge in [0.2, 0.25) is 0 Å². The zero-order valence-electron chi connectivity index (χ0n) is 14.6. The molecule has 0 aliphatic carbocycles. The van der Waals surface area contributed by atoms with Crippen LogP contribution in [0.1, 0.15) is 38.3 Å². The Morgan fingerprint density at radius 3 is 2.24 bits per heavy atom. The van der Waals surface area contributed by atoms with Crippen molar-refractivity contribution in [3.8, 4) is 11.4 Å². The van der Waals surface area contributed by atoms with Gasteiger partial charge in [0, 0.05) is 22.7 Å². The lowest BCUT2D eigenvalue weighted by Crippen LogP contribution is -1.98. The predicted octanol–water partition coefficient (Wildman–Crippen LogP) is 5.75. The zero-order chi connectivity index (χ0) is 17.2. The van der Waals surface area contributed by atoms with E-state index in [1.165, 1.54) is 6.42 Å². The molecule has 0 radical (unpaired) electrons. The average Bonchev–Trinajstić information content (AvgIpc) is 2.68. The van der Waals surface area contributed by atoms with Crippen molar-refractivity contribution < 1.29 is 0 Å². The number of fused-ring (bicyclic) bond motifs is 3. The van der Waals surface area contributed by atoms with Crippen molar-refractivity contribution in [2.24, 2.45) is 0 Å². The zero-order valence-corrected chi connectivity index (χ0v) is 14.6. The number of hydrogen-bond acceptors (Lipinski definition) is 3. The van der Waals surface area contributed by atoms with Crippen LogP contribution in [0, 0.1) is 0 Å². The molecule has 4 aromatic rings. The first-order chi connectivity index (χ1) is 12.3. The Balaban J connectivity index is 1.92. The number of hydrogen-bond donors (Lipinski definition) is 0.